The maximum atomic E-state index is 11.3. The lowest BCUT2D eigenvalue weighted by molar-refractivity contribution is 0.526. The third-order valence-electron chi connectivity index (χ3n) is 7.16. The molecular formula is C28H39N23O2. The maximum absolute atomic E-state index is 11.3. The molecule has 0 unspecified atom stereocenters. The van der Waals surface area contributed by atoms with Crippen molar-refractivity contribution in [3.63, 3.8) is 0 Å². The molecule has 0 amide bonds. The highest BCUT2D eigenvalue weighted by Crippen LogP contribution is 2.17. The summed E-state index contributed by atoms with van der Waals surface area (Å²) < 4.78 is 6.60. The van der Waals surface area contributed by atoms with Gasteiger partial charge in [0.05, 0.1) is 30.5 Å². The fourth-order valence-corrected chi connectivity index (χ4v) is 4.59. The predicted octanol–water partition coefficient (Wildman–Crippen LogP) is 0.542. The first kappa shape index (κ1) is 37.2. The van der Waals surface area contributed by atoms with Crippen LogP contribution in [-0.2, 0) is 0 Å². The lowest BCUT2D eigenvalue weighted by Gasteiger charge is -2.03. The second-order valence-electron chi connectivity index (χ2n) is 12.4. The SMILES string of the molecule is CC(C)n1nnc2c(=O)[nH]c(N)nc21.CC(C)n1nnc2c(=O)[nH]cnc21.CC(C)n1nnc2c(N)ncnc21.CC(C)n1nnc2c(N)ncnc21. The number of nitrogen functional groups attached to an aromatic ring is 3. The van der Waals surface area contributed by atoms with Gasteiger partial charge in [-0.25, -0.2) is 43.6 Å². The molecule has 0 radical (unpaired) electrons. The molecule has 25 nitrogen and oxygen atoms in total. The fraction of sp³-hybridized carbons (Fsp3) is 0.429. The van der Waals surface area contributed by atoms with Crippen molar-refractivity contribution in [2.75, 3.05) is 17.2 Å². The van der Waals surface area contributed by atoms with E-state index in [1.54, 1.807) is 18.7 Å². The van der Waals surface area contributed by atoms with Gasteiger partial charge in [-0.1, -0.05) is 20.9 Å². The van der Waals surface area contributed by atoms with Gasteiger partial charge in [0.25, 0.3) is 11.1 Å². The number of rotatable bonds is 4. The van der Waals surface area contributed by atoms with Crippen LogP contribution >= 0.6 is 0 Å². The average molecular weight is 730 g/mol. The number of nitrogens with two attached hydrogens (primary N) is 3. The van der Waals surface area contributed by atoms with E-state index in [2.05, 4.69) is 81.1 Å². The molecule has 0 fully saturated rings. The van der Waals surface area contributed by atoms with Crippen LogP contribution in [0.2, 0.25) is 0 Å². The number of aromatic nitrogens is 20. The maximum Gasteiger partial charge on any atom is 0.282 e. The molecule has 0 spiro atoms. The number of nitrogens with zero attached hydrogens (tertiary/aromatic N) is 18. The summed E-state index contributed by atoms with van der Waals surface area (Å²) in [6.45, 7) is 15.8. The molecule has 0 saturated carbocycles. The van der Waals surface area contributed by atoms with Gasteiger partial charge in [0.2, 0.25) is 5.95 Å². The number of H-pyrrole nitrogens is 2. The first-order chi connectivity index (χ1) is 25.2. The monoisotopic (exact) mass is 729 g/mol. The topological polar surface area (TPSA) is 344 Å². The second kappa shape index (κ2) is 15.4. The summed E-state index contributed by atoms with van der Waals surface area (Å²) in [4.78, 5) is 51.1. The van der Waals surface area contributed by atoms with E-state index in [1.165, 1.54) is 19.0 Å². The van der Waals surface area contributed by atoms with Crippen molar-refractivity contribution < 1.29 is 0 Å². The van der Waals surface area contributed by atoms with E-state index in [1.807, 2.05) is 55.4 Å². The zero-order valence-electron chi connectivity index (χ0n) is 30.1. The van der Waals surface area contributed by atoms with Crippen molar-refractivity contribution in [2.45, 2.75) is 79.6 Å². The summed E-state index contributed by atoms with van der Waals surface area (Å²) in [7, 11) is 0. The van der Waals surface area contributed by atoms with E-state index < -0.39 is 0 Å². The van der Waals surface area contributed by atoms with Crippen LogP contribution in [0.15, 0.2) is 28.6 Å². The van der Waals surface area contributed by atoms with Crippen molar-refractivity contribution in [3.05, 3.63) is 39.7 Å². The lowest BCUT2D eigenvalue weighted by Crippen LogP contribution is -2.12. The summed E-state index contributed by atoms with van der Waals surface area (Å²) in [5.41, 5.74) is 20.0. The van der Waals surface area contributed by atoms with Crippen molar-refractivity contribution in [1.29, 1.82) is 0 Å². The summed E-state index contributed by atoms with van der Waals surface area (Å²) in [6.07, 6.45) is 4.19. The molecule has 8 rings (SSSR count). The molecule has 0 bridgehead atoms. The number of aromatic amines is 2. The van der Waals surface area contributed by atoms with Gasteiger partial charge in [-0.2, -0.15) is 4.98 Å². The molecule has 0 atom stereocenters. The van der Waals surface area contributed by atoms with Crippen molar-refractivity contribution in [1.82, 2.24) is 99.8 Å². The summed E-state index contributed by atoms with van der Waals surface area (Å²) in [5.74, 6) is 0.820. The van der Waals surface area contributed by atoms with Crippen molar-refractivity contribution >= 4 is 62.2 Å². The van der Waals surface area contributed by atoms with Crippen LogP contribution in [0, 0.1) is 0 Å². The highest BCUT2D eigenvalue weighted by molar-refractivity contribution is 5.81. The van der Waals surface area contributed by atoms with E-state index in [0.29, 0.717) is 45.3 Å². The van der Waals surface area contributed by atoms with Crippen LogP contribution in [-0.4, -0.2) is 99.8 Å². The van der Waals surface area contributed by atoms with Crippen molar-refractivity contribution in [2.24, 2.45) is 0 Å². The zero-order valence-corrected chi connectivity index (χ0v) is 30.1. The Kier molecular flexibility index (Phi) is 10.8. The standard InChI is InChI=1S/C7H10N6O.2C7H10N6.C7H9N5O/c1-3(2)13-5-4(11-12-13)6(14)10-7(8)9-5;2*1-4(2)13-7-5(11-12-13)6(8)9-3-10-7;1-4(2)12-6-5(10-11-12)7(13)9-3-8-6/h3H,1-2H3,(H3,8,9,10,14);2*3-4H,1-2H3,(H2,8,9,10);3-4H,1-2H3,(H,8,9,13). The predicted molar refractivity (Wildman–Crippen MR) is 193 cm³/mol. The first-order valence-corrected chi connectivity index (χ1v) is 16.2. The van der Waals surface area contributed by atoms with Gasteiger partial charge < -0.3 is 22.2 Å². The minimum atomic E-state index is -0.362. The zero-order chi connectivity index (χ0) is 38.6. The van der Waals surface area contributed by atoms with E-state index in [4.69, 9.17) is 17.2 Å². The van der Waals surface area contributed by atoms with Gasteiger partial charge in [0.15, 0.2) is 56.3 Å². The van der Waals surface area contributed by atoms with Crippen molar-refractivity contribution in [3.8, 4) is 0 Å². The highest BCUT2D eigenvalue weighted by Gasteiger charge is 2.14. The normalized spacial score (nSPS) is 11.3. The summed E-state index contributed by atoms with van der Waals surface area (Å²) in [6, 6.07) is 0.687. The van der Waals surface area contributed by atoms with Gasteiger partial charge in [-0.3, -0.25) is 14.6 Å². The Hall–Kier alpha value is -7.08. The molecule has 8 aromatic rings. The molecular weight excluding hydrogens is 690 g/mol. The number of fused-ring (bicyclic) bond motifs is 4. The van der Waals surface area contributed by atoms with Crippen LogP contribution in [0.1, 0.15) is 79.6 Å². The van der Waals surface area contributed by atoms with Gasteiger partial charge in [0, 0.05) is 0 Å². The highest BCUT2D eigenvalue weighted by atomic mass is 16.1. The Morgan fingerprint density at radius 2 is 0.887 bits per heavy atom. The Labute approximate surface area is 298 Å². The molecule has 25 heteroatoms. The summed E-state index contributed by atoms with van der Waals surface area (Å²) in [5, 5.41) is 30.8. The number of nitrogens with one attached hydrogen (secondary N) is 2. The minimum absolute atomic E-state index is 0.0756. The Morgan fingerprint density at radius 1 is 0.509 bits per heavy atom. The molecule has 278 valence electrons. The van der Waals surface area contributed by atoms with E-state index in [9.17, 15) is 9.59 Å². The molecule has 0 aliphatic rings. The average Bonchev–Trinajstić information content (AvgIpc) is 3.91. The minimum Gasteiger partial charge on any atom is -0.382 e. The smallest absolute Gasteiger partial charge is 0.282 e. The number of hydrogen-bond acceptors (Lipinski definition) is 19. The van der Waals surface area contributed by atoms with Crippen LogP contribution in [0.4, 0.5) is 17.6 Å². The van der Waals surface area contributed by atoms with E-state index >= 15 is 0 Å². The van der Waals surface area contributed by atoms with Crippen LogP contribution in [0.5, 0.6) is 0 Å². The van der Waals surface area contributed by atoms with Crippen LogP contribution in [0.25, 0.3) is 44.7 Å². The summed E-state index contributed by atoms with van der Waals surface area (Å²) >= 11 is 0. The Morgan fingerprint density at radius 3 is 1.32 bits per heavy atom. The largest absolute Gasteiger partial charge is 0.382 e. The molecule has 0 aliphatic carbocycles. The second-order valence-corrected chi connectivity index (χ2v) is 12.4. The number of anilines is 3. The fourth-order valence-electron chi connectivity index (χ4n) is 4.59. The molecule has 0 saturated heterocycles. The quantitative estimate of drug-likeness (QED) is 0.165. The van der Waals surface area contributed by atoms with Gasteiger partial charge in [-0.05, 0) is 55.4 Å². The Bertz CT molecular complexity index is 2500. The van der Waals surface area contributed by atoms with Gasteiger partial charge in [0.1, 0.15) is 12.7 Å². The molecule has 0 aliphatic heterocycles. The third-order valence-corrected chi connectivity index (χ3v) is 7.16. The molecule has 8 aromatic heterocycles. The number of hydrogen-bond donors (Lipinski definition) is 5. The molecule has 0 aromatic carbocycles. The Balaban J connectivity index is 0.000000136. The first-order valence-electron chi connectivity index (χ1n) is 16.2. The molecule has 53 heavy (non-hydrogen) atoms. The molecule has 8 heterocycles. The third kappa shape index (κ3) is 7.81. The van der Waals surface area contributed by atoms with Gasteiger partial charge >= 0.3 is 0 Å². The van der Waals surface area contributed by atoms with Crippen LogP contribution in [0.3, 0.4) is 0 Å². The molecule has 8 N–H and O–H groups in total. The van der Waals surface area contributed by atoms with Crippen LogP contribution < -0.4 is 28.3 Å². The van der Waals surface area contributed by atoms with Gasteiger partial charge in [-0.15, -0.1) is 20.4 Å². The van der Waals surface area contributed by atoms with E-state index in [0.717, 1.165) is 0 Å². The van der Waals surface area contributed by atoms with E-state index in [-0.39, 0.29) is 52.3 Å². The lowest BCUT2D eigenvalue weighted by atomic mass is 10.4.